The summed E-state index contributed by atoms with van der Waals surface area (Å²) < 4.78 is 1.73. The molecule has 0 saturated heterocycles. The van der Waals surface area contributed by atoms with Gasteiger partial charge in [0, 0.05) is 13.1 Å². The van der Waals surface area contributed by atoms with Crippen LogP contribution < -0.4 is 5.73 Å². The molecule has 2 N–H and O–H groups in total. The number of nitrogens with two attached hydrogens (primary N) is 1. The number of pyridine rings is 1. The highest BCUT2D eigenvalue weighted by Gasteiger charge is 2.21. The number of hydrogen-bond acceptors (Lipinski definition) is 4. The maximum atomic E-state index is 10.9. The topological polar surface area (TPSA) is 86.5 Å². The zero-order valence-corrected chi connectivity index (χ0v) is 8.88. The number of nitro groups is 1. The molecule has 2 aromatic heterocycles. The van der Waals surface area contributed by atoms with Gasteiger partial charge in [-0.3, -0.25) is 4.40 Å². The SMILES string of the molecule is Cc1nc([N+](=O)[O-])c2c(CCN)cccn12. The molecule has 0 saturated carbocycles. The smallest absolute Gasteiger partial charge is 0.358 e. The highest BCUT2D eigenvalue weighted by molar-refractivity contribution is 5.67. The Kier molecular flexibility index (Phi) is 2.57. The van der Waals surface area contributed by atoms with E-state index in [0.29, 0.717) is 24.3 Å². The van der Waals surface area contributed by atoms with Crippen molar-refractivity contribution in [3.8, 4) is 0 Å². The summed E-state index contributed by atoms with van der Waals surface area (Å²) in [5.74, 6) is 0.516. The molecule has 16 heavy (non-hydrogen) atoms. The van der Waals surface area contributed by atoms with Crippen LogP contribution in [0.2, 0.25) is 0 Å². The Balaban J connectivity index is 2.77. The molecule has 0 fully saturated rings. The van der Waals surface area contributed by atoms with Crippen LogP contribution in [0.3, 0.4) is 0 Å². The lowest BCUT2D eigenvalue weighted by Gasteiger charge is -2.01. The summed E-state index contributed by atoms with van der Waals surface area (Å²) in [5, 5.41) is 10.9. The Hall–Kier alpha value is -1.95. The van der Waals surface area contributed by atoms with Gasteiger partial charge in [-0.1, -0.05) is 6.07 Å². The number of imidazole rings is 1. The molecule has 6 heteroatoms. The molecule has 0 amide bonds. The molecule has 0 radical (unpaired) electrons. The second-order valence-corrected chi connectivity index (χ2v) is 3.53. The van der Waals surface area contributed by atoms with E-state index in [2.05, 4.69) is 4.98 Å². The third kappa shape index (κ3) is 1.53. The Morgan fingerprint density at radius 1 is 1.62 bits per heavy atom. The second-order valence-electron chi connectivity index (χ2n) is 3.53. The van der Waals surface area contributed by atoms with Crippen molar-refractivity contribution in [2.75, 3.05) is 6.54 Å². The van der Waals surface area contributed by atoms with Crippen LogP contribution in [0.25, 0.3) is 5.52 Å². The van der Waals surface area contributed by atoms with Crippen LogP contribution >= 0.6 is 0 Å². The summed E-state index contributed by atoms with van der Waals surface area (Å²) in [6.45, 7) is 2.20. The Morgan fingerprint density at radius 2 is 2.38 bits per heavy atom. The third-order valence-corrected chi connectivity index (χ3v) is 2.49. The maximum absolute atomic E-state index is 10.9. The van der Waals surface area contributed by atoms with E-state index in [9.17, 15) is 10.1 Å². The van der Waals surface area contributed by atoms with Crippen LogP contribution in [0.5, 0.6) is 0 Å². The number of rotatable bonds is 3. The molecule has 0 aliphatic heterocycles. The molecule has 2 aromatic rings. The Morgan fingerprint density at radius 3 is 3.00 bits per heavy atom. The zero-order chi connectivity index (χ0) is 11.7. The first-order valence-corrected chi connectivity index (χ1v) is 4.96. The minimum atomic E-state index is -0.456. The first kappa shape index (κ1) is 10.6. The minimum absolute atomic E-state index is 0.0958. The number of nitrogens with zero attached hydrogens (tertiary/aromatic N) is 3. The first-order chi connectivity index (χ1) is 7.65. The molecule has 2 heterocycles. The van der Waals surface area contributed by atoms with Crippen LogP contribution in [-0.2, 0) is 6.42 Å². The first-order valence-electron chi connectivity index (χ1n) is 4.96. The van der Waals surface area contributed by atoms with Crippen molar-refractivity contribution >= 4 is 11.3 Å². The van der Waals surface area contributed by atoms with E-state index in [4.69, 9.17) is 5.73 Å². The predicted molar refractivity (Wildman–Crippen MR) is 59.3 cm³/mol. The largest absolute Gasteiger partial charge is 0.390 e. The van der Waals surface area contributed by atoms with E-state index in [1.807, 2.05) is 12.1 Å². The van der Waals surface area contributed by atoms with Crippen molar-refractivity contribution in [1.82, 2.24) is 9.38 Å². The summed E-state index contributed by atoms with van der Waals surface area (Å²) in [6, 6.07) is 3.69. The molecule has 0 spiro atoms. The fraction of sp³-hybridized carbons (Fsp3) is 0.300. The van der Waals surface area contributed by atoms with Gasteiger partial charge in [0.25, 0.3) is 0 Å². The molecule has 0 aromatic carbocycles. The standard InChI is InChI=1S/C10H12N4O2/c1-7-12-10(14(15)16)9-8(4-5-11)3-2-6-13(7)9/h2-3,6H,4-5,11H2,1H3. The van der Waals surface area contributed by atoms with Gasteiger partial charge in [-0.15, -0.1) is 0 Å². The van der Waals surface area contributed by atoms with Crippen molar-refractivity contribution in [3.63, 3.8) is 0 Å². The van der Waals surface area contributed by atoms with Gasteiger partial charge in [0.1, 0.15) is 0 Å². The van der Waals surface area contributed by atoms with Crippen molar-refractivity contribution in [2.45, 2.75) is 13.3 Å². The van der Waals surface area contributed by atoms with Crippen LogP contribution in [0.15, 0.2) is 18.3 Å². The van der Waals surface area contributed by atoms with Gasteiger partial charge in [-0.2, -0.15) is 0 Å². The fourth-order valence-corrected chi connectivity index (χ4v) is 1.82. The molecular formula is C10H12N4O2. The summed E-state index contributed by atoms with van der Waals surface area (Å²) in [6.07, 6.45) is 2.38. The molecule has 0 atom stereocenters. The van der Waals surface area contributed by atoms with Crippen molar-refractivity contribution in [2.24, 2.45) is 5.73 Å². The van der Waals surface area contributed by atoms with E-state index in [1.165, 1.54) is 0 Å². The van der Waals surface area contributed by atoms with Gasteiger partial charge in [0.2, 0.25) is 5.82 Å². The van der Waals surface area contributed by atoms with Crippen LogP contribution in [0, 0.1) is 17.0 Å². The average molecular weight is 220 g/mol. The van der Waals surface area contributed by atoms with Crippen molar-refractivity contribution in [3.05, 3.63) is 39.8 Å². The zero-order valence-electron chi connectivity index (χ0n) is 8.88. The molecule has 84 valence electrons. The van der Waals surface area contributed by atoms with Crippen molar-refractivity contribution in [1.29, 1.82) is 0 Å². The lowest BCUT2D eigenvalue weighted by molar-refractivity contribution is -0.387. The van der Waals surface area contributed by atoms with E-state index >= 15 is 0 Å². The van der Waals surface area contributed by atoms with Gasteiger partial charge in [0.05, 0.1) is 0 Å². The summed E-state index contributed by atoms with van der Waals surface area (Å²) in [5.41, 5.74) is 6.89. The van der Waals surface area contributed by atoms with E-state index < -0.39 is 4.92 Å². The van der Waals surface area contributed by atoms with Gasteiger partial charge in [-0.25, -0.2) is 0 Å². The molecule has 0 aliphatic rings. The number of fused-ring (bicyclic) bond motifs is 1. The molecule has 2 rings (SSSR count). The lowest BCUT2D eigenvalue weighted by atomic mass is 10.1. The molecule has 0 unspecified atom stereocenters. The number of aryl methyl sites for hydroxylation is 1. The summed E-state index contributed by atoms with van der Waals surface area (Å²) in [4.78, 5) is 14.4. The highest BCUT2D eigenvalue weighted by Crippen LogP contribution is 2.23. The average Bonchev–Trinajstić information content (AvgIpc) is 2.58. The van der Waals surface area contributed by atoms with E-state index in [0.717, 1.165) is 5.56 Å². The van der Waals surface area contributed by atoms with E-state index in [-0.39, 0.29) is 5.82 Å². The molecule has 6 nitrogen and oxygen atoms in total. The molecule has 0 bridgehead atoms. The quantitative estimate of drug-likeness (QED) is 0.618. The van der Waals surface area contributed by atoms with Gasteiger partial charge < -0.3 is 15.8 Å². The number of aromatic nitrogens is 2. The molecular weight excluding hydrogens is 208 g/mol. The van der Waals surface area contributed by atoms with Crippen LogP contribution in [0.4, 0.5) is 5.82 Å². The van der Waals surface area contributed by atoms with Gasteiger partial charge in [-0.05, 0) is 34.5 Å². The van der Waals surface area contributed by atoms with Gasteiger partial charge in [0.15, 0.2) is 5.52 Å². The van der Waals surface area contributed by atoms with Crippen LogP contribution in [-0.4, -0.2) is 20.9 Å². The van der Waals surface area contributed by atoms with E-state index in [1.54, 1.807) is 17.5 Å². The highest BCUT2D eigenvalue weighted by atomic mass is 16.6. The minimum Gasteiger partial charge on any atom is -0.358 e. The molecule has 0 aliphatic carbocycles. The van der Waals surface area contributed by atoms with Crippen molar-refractivity contribution < 1.29 is 4.92 Å². The Bertz CT molecular complexity index is 547. The van der Waals surface area contributed by atoms with Gasteiger partial charge >= 0.3 is 5.82 Å². The normalized spacial score (nSPS) is 10.9. The summed E-state index contributed by atoms with van der Waals surface area (Å²) in [7, 11) is 0. The lowest BCUT2D eigenvalue weighted by Crippen LogP contribution is -2.04. The maximum Gasteiger partial charge on any atom is 0.390 e. The predicted octanol–water partition coefficient (Wildman–Crippen LogP) is 1.05. The Labute approximate surface area is 91.9 Å². The second kappa shape index (κ2) is 3.90. The summed E-state index contributed by atoms with van der Waals surface area (Å²) >= 11 is 0. The monoisotopic (exact) mass is 220 g/mol. The number of hydrogen-bond donors (Lipinski definition) is 1. The van der Waals surface area contributed by atoms with Crippen LogP contribution in [0.1, 0.15) is 11.4 Å². The fourth-order valence-electron chi connectivity index (χ4n) is 1.82. The third-order valence-electron chi connectivity index (χ3n) is 2.49.